The molecule has 0 aliphatic heterocycles. The van der Waals surface area contributed by atoms with Crippen molar-refractivity contribution in [2.75, 3.05) is 7.11 Å². The first-order valence-corrected chi connectivity index (χ1v) is 8.06. The molecular weight excluding hydrogens is 320 g/mol. The van der Waals surface area contributed by atoms with E-state index in [1.807, 2.05) is 45.9 Å². The molecule has 0 spiro atoms. The van der Waals surface area contributed by atoms with Crippen molar-refractivity contribution in [1.29, 1.82) is 0 Å². The van der Waals surface area contributed by atoms with Gasteiger partial charge in [0.05, 0.1) is 25.1 Å². The third kappa shape index (κ3) is 5.34. The fourth-order valence-corrected chi connectivity index (χ4v) is 2.30. The molecule has 1 amide bonds. The summed E-state index contributed by atoms with van der Waals surface area (Å²) in [6.07, 6.45) is 1.61. The number of hydrazone groups is 1. The first-order valence-electron chi connectivity index (χ1n) is 8.06. The van der Waals surface area contributed by atoms with Crippen molar-refractivity contribution in [2.45, 2.75) is 40.3 Å². The number of hydrogen-bond acceptors (Lipinski definition) is 5. The Hall–Kier alpha value is -2.83. The summed E-state index contributed by atoms with van der Waals surface area (Å²) in [5.74, 6) is 1.05. The molecular formula is C18H24N4O3. The molecule has 2 rings (SSSR count). The zero-order chi connectivity index (χ0) is 18.4. The SMILES string of the molecule is COc1cc(/C=N\NC(=O)Cn2nc(C)cc2C)ccc1OC(C)C. The number of nitrogens with zero attached hydrogens (tertiary/aromatic N) is 3. The Morgan fingerprint density at radius 2 is 2.08 bits per heavy atom. The van der Waals surface area contributed by atoms with Crippen molar-refractivity contribution in [3.63, 3.8) is 0 Å². The number of aryl methyl sites for hydroxylation is 2. The Morgan fingerprint density at radius 3 is 2.68 bits per heavy atom. The van der Waals surface area contributed by atoms with Crippen LogP contribution in [-0.2, 0) is 11.3 Å². The van der Waals surface area contributed by atoms with Crippen molar-refractivity contribution in [3.8, 4) is 11.5 Å². The number of aromatic nitrogens is 2. The molecule has 0 saturated heterocycles. The van der Waals surface area contributed by atoms with E-state index < -0.39 is 0 Å². The second kappa shape index (κ2) is 8.32. The monoisotopic (exact) mass is 344 g/mol. The van der Waals surface area contributed by atoms with Crippen LogP contribution in [0.5, 0.6) is 11.5 Å². The lowest BCUT2D eigenvalue weighted by Gasteiger charge is -2.13. The van der Waals surface area contributed by atoms with Crippen LogP contribution in [-0.4, -0.2) is 35.1 Å². The smallest absolute Gasteiger partial charge is 0.261 e. The maximum absolute atomic E-state index is 11.9. The molecule has 7 nitrogen and oxygen atoms in total. The van der Waals surface area contributed by atoms with Crippen LogP contribution in [0.15, 0.2) is 29.4 Å². The summed E-state index contributed by atoms with van der Waals surface area (Å²) in [6.45, 7) is 7.82. The molecule has 0 aliphatic carbocycles. The van der Waals surface area contributed by atoms with E-state index in [0.29, 0.717) is 11.5 Å². The van der Waals surface area contributed by atoms with Crippen molar-refractivity contribution >= 4 is 12.1 Å². The minimum atomic E-state index is -0.242. The van der Waals surface area contributed by atoms with Crippen molar-refractivity contribution in [2.24, 2.45) is 5.10 Å². The fraction of sp³-hybridized carbons (Fsp3) is 0.389. The second-order valence-corrected chi connectivity index (χ2v) is 5.95. The molecule has 1 aromatic heterocycles. The number of ether oxygens (including phenoxy) is 2. The predicted molar refractivity (Wildman–Crippen MR) is 96.2 cm³/mol. The van der Waals surface area contributed by atoms with Gasteiger partial charge in [0.15, 0.2) is 11.5 Å². The molecule has 2 aromatic rings. The van der Waals surface area contributed by atoms with E-state index in [1.165, 1.54) is 0 Å². The summed E-state index contributed by atoms with van der Waals surface area (Å²) in [7, 11) is 1.58. The van der Waals surface area contributed by atoms with Gasteiger partial charge in [-0.05, 0) is 57.5 Å². The van der Waals surface area contributed by atoms with E-state index in [-0.39, 0.29) is 18.6 Å². The van der Waals surface area contributed by atoms with Gasteiger partial charge >= 0.3 is 0 Å². The molecule has 0 radical (unpaired) electrons. The predicted octanol–water partition coefficient (Wildman–Crippen LogP) is 2.45. The van der Waals surface area contributed by atoms with E-state index in [1.54, 1.807) is 24.1 Å². The highest BCUT2D eigenvalue weighted by Gasteiger charge is 2.08. The van der Waals surface area contributed by atoms with Crippen LogP contribution in [0.4, 0.5) is 0 Å². The standard InChI is InChI=1S/C18H24N4O3/c1-12(2)25-16-7-6-15(9-17(16)24-5)10-19-20-18(23)11-22-14(4)8-13(3)21-22/h6-10,12H,11H2,1-5H3,(H,20,23)/b19-10-. The number of methoxy groups -OCH3 is 1. The molecule has 25 heavy (non-hydrogen) atoms. The Bertz CT molecular complexity index is 766. The molecule has 1 N–H and O–H groups in total. The molecule has 0 bridgehead atoms. The van der Waals surface area contributed by atoms with Gasteiger partial charge in [0, 0.05) is 5.69 Å². The molecule has 134 valence electrons. The molecule has 0 saturated carbocycles. The second-order valence-electron chi connectivity index (χ2n) is 5.95. The van der Waals surface area contributed by atoms with E-state index in [4.69, 9.17) is 9.47 Å². The van der Waals surface area contributed by atoms with Crippen LogP contribution in [0, 0.1) is 13.8 Å². The number of rotatable bonds is 7. The van der Waals surface area contributed by atoms with Gasteiger partial charge in [0.2, 0.25) is 0 Å². The van der Waals surface area contributed by atoms with Crippen LogP contribution in [0.2, 0.25) is 0 Å². The summed E-state index contributed by atoms with van der Waals surface area (Å²) in [5, 5.41) is 8.22. The number of carbonyl (C=O) groups excluding carboxylic acids is 1. The third-order valence-electron chi connectivity index (χ3n) is 3.35. The summed E-state index contributed by atoms with van der Waals surface area (Å²) >= 11 is 0. The quantitative estimate of drug-likeness (QED) is 0.618. The fourth-order valence-electron chi connectivity index (χ4n) is 2.30. The Kier molecular flexibility index (Phi) is 6.16. The van der Waals surface area contributed by atoms with E-state index >= 15 is 0 Å². The normalized spacial score (nSPS) is 11.1. The van der Waals surface area contributed by atoms with Crippen molar-refractivity contribution in [3.05, 3.63) is 41.2 Å². The van der Waals surface area contributed by atoms with E-state index in [2.05, 4.69) is 15.6 Å². The zero-order valence-corrected chi connectivity index (χ0v) is 15.2. The molecule has 0 aliphatic rings. The van der Waals surface area contributed by atoms with Gasteiger partial charge in [-0.1, -0.05) is 0 Å². The average molecular weight is 344 g/mol. The molecule has 7 heteroatoms. The van der Waals surface area contributed by atoms with Gasteiger partial charge in [0.1, 0.15) is 6.54 Å². The van der Waals surface area contributed by atoms with Crippen LogP contribution in [0.1, 0.15) is 30.8 Å². The van der Waals surface area contributed by atoms with Gasteiger partial charge in [-0.3, -0.25) is 9.48 Å². The van der Waals surface area contributed by atoms with Crippen molar-refractivity contribution in [1.82, 2.24) is 15.2 Å². The molecule has 0 atom stereocenters. The molecule has 1 heterocycles. The first-order chi connectivity index (χ1) is 11.9. The number of amides is 1. The van der Waals surface area contributed by atoms with Gasteiger partial charge in [0.25, 0.3) is 5.91 Å². The number of nitrogens with one attached hydrogen (secondary N) is 1. The van der Waals surface area contributed by atoms with Crippen LogP contribution in [0.3, 0.4) is 0 Å². The Balaban J connectivity index is 1.97. The number of benzene rings is 1. The summed E-state index contributed by atoms with van der Waals surface area (Å²) in [4.78, 5) is 11.9. The lowest BCUT2D eigenvalue weighted by Crippen LogP contribution is -2.24. The average Bonchev–Trinajstić information content (AvgIpc) is 2.85. The van der Waals surface area contributed by atoms with Gasteiger partial charge in [-0.25, -0.2) is 5.43 Å². The topological polar surface area (TPSA) is 77.7 Å². The van der Waals surface area contributed by atoms with E-state index in [9.17, 15) is 4.79 Å². The number of hydrogen-bond donors (Lipinski definition) is 1. The molecule has 0 unspecified atom stereocenters. The zero-order valence-electron chi connectivity index (χ0n) is 15.2. The minimum Gasteiger partial charge on any atom is -0.493 e. The van der Waals surface area contributed by atoms with Gasteiger partial charge < -0.3 is 9.47 Å². The third-order valence-corrected chi connectivity index (χ3v) is 3.35. The minimum absolute atomic E-state index is 0.0575. The Labute approximate surface area is 147 Å². The Morgan fingerprint density at radius 1 is 1.32 bits per heavy atom. The highest BCUT2D eigenvalue weighted by atomic mass is 16.5. The largest absolute Gasteiger partial charge is 0.493 e. The highest BCUT2D eigenvalue weighted by Crippen LogP contribution is 2.28. The summed E-state index contributed by atoms with van der Waals surface area (Å²) < 4.78 is 12.6. The summed E-state index contributed by atoms with van der Waals surface area (Å²) in [5.41, 5.74) is 5.10. The van der Waals surface area contributed by atoms with Crippen LogP contribution >= 0.6 is 0 Å². The molecule has 1 aromatic carbocycles. The lowest BCUT2D eigenvalue weighted by atomic mass is 10.2. The number of carbonyl (C=O) groups is 1. The van der Waals surface area contributed by atoms with Crippen LogP contribution < -0.4 is 14.9 Å². The van der Waals surface area contributed by atoms with Gasteiger partial charge in [-0.15, -0.1) is 0 Å². The first kappa shape index (κ1) is 18.5. The highest BCUT2D eigenvalue weighted by molar-refractivity contribution is 5.83. The van der Waals surface area contributed by atoms with Gasteiger partial charge in [-0.2, -0.15) is 10.2 Å². The maximum atomic E-state index is 11.9. The van der Waals surface area contributed by atoms with E-state index in [0.717, 1.165) is 17.0 Å². The van der Waals surface area contributed by atoms with Crippen molar-refractivity contribution < 1.29 is 14.3 Å². The molecule has 0 fully saturated rings. The lowest BCUT2D eigenvalue weighted by molar-refractivity contribution is -0.121. The maximum Gasteiger partial charge on any atom is 0.261 e. The summed E-state index contributed by atoms with van der Waals surface area (Å²) in [6, 6.07) is 7.38. The van der Waals surface area contributed by atoms with Crippen LogP contribution in [0.25, 0.3) is 0 Å².